The zero-order valence-corrected chi connectivity index (χ0v) is 11.6. The summed E-state index contributed by atoms with van der Waals surface area (Å²) in [6, 6.07) is 0. The van der Waals surface area contributed by atoms with Crippen LogP contribution in [-0.4, -0.2) is 31.5 Å². The number of halogens is 2. The third-order valence-corrected chi connectivity index (χ3v) is 4.59. The fourth-order valence-electron chi connectivity index (χ4n) is 3.05. The second-order valence-electron chi connectivity index (χ2n) is 6.11. The van der Waals surface area contributed by atoms with Crippen molar-refractivity contribution in [3.8, 4) is 0 Å². The molecule has 0 aromatic rings. The molecule has 2 unspecified atom stereocenters. The molecular formula is C14H24F2N2O. The summed E-state index contributed by atoms with van der Waals surface area (Å²) in [5.41, 5.74) is 0. The number of piperidine rings is 1. The molecule has 0 bridgehead atoms. The first-order valence-corrected chi connectivity index (χ1v) is 7.34. The molecule has 1 saturated heterocycles. The molecule has 2 N–H and O–H groups in total. The molecule has 0 aromatic carbocycles. The van der Waals surface area contributed by atoms with Crippen molar-refractivity contribution in [1.82, 2.24) is 10.6 Å². The van der Waals surface area contributed by atoms with Crippen LogP contribution in [-0.2, 0) is 4.79 Å². The third kappa shape index (κ3) is 4.13. The molecule has 1 aliphatic heterocycles. The Morgan fingerprint density at radius 2 is 2.00 bits per heavy atom. The minimum absolute atomic E-state index is 0.0266. The van der Waals surface area contributed by atoms with Gasteiger partial charge in [0.1, 0.15) is 0 Å². The average Bonchev–Trinajstić information content (AvgIpc) is 2.37. The van der Waals surface area contributed by atoms with Gasteiger partial charge in [0.25, 0.3) is 0 Å². The van der Waals surface area contributed by atoms with Crippen molar-refractivity contribution in [2.45, 2.75) is 45.0 Å². The molecule has 3 nitrogen and oxygen atoms in total. The van der Waals surface area contributed by atoms with Crippen LogP contribution in [0, 0.1) is 17.8 Å². The monoisotopic (exact) mass is 274 g/mol. The molecule has 5 heteroatoms. The normalized spacial score (nSPS) is 31.9. The van der Waals surface area contributed by atoms with Crippen LogP contribution in [0.1, 0.15) is 39.0 Å². The topological polar surface area (TPSA) is 41.1 Å². The van der Waals surface area contributed by atoms with Crippen LogP contribution >= 0.6 is 0 Å². The Morgan fingerprint density at radius 1 is 1.32 bits per heavy atom. The summed E-state index contributed by atoms with van der Waals surface area (Å²) in [5.74, 6) is -1.72. The van der Waals surface area contributed by atoms with Gasteiger partial charge in [0.15, 0.2) is 0 Å². The molecule has 0 aromatic heterocycles. The number of carbonyl (C=O) groups is 1. The summed E-state index contributed by atoms with van der Waals surface area (Å²) in [6.07, 6.45) is 1.43. The number of nitrogens with one attached hydrogen (secondary N) is 2. The van der Waals surface area contributed by atoms with Crippen molar-refractivity contribution in [2.75, 3.05) is 19.6 Å². The molecule has 1 aliphatic carbocycles. The van der Waals surface area contributed by atoms with E-state index in [1.165, 1.54) is 0 Å². The molecule has 2 atom stereocenters. The maximum Gasteiger partial charge on any atom is 0.248 e. The summed E-state index contributed by atoms with van der Waals surface area (Å²) >= 11 is 0. The number of hydrogen-bond donors (Lipinski definition) is 2. The van der Waals surface area contributed by atoms with E-state index in [0.717, 1.165) is 19.5 Å². The third-order valence-electron chi connectivity index (χ3n) is 4.59. The van der Waals surface area contributed by atoms with E-state index < -0.39 is 5.92 Å². The summed E-state index contributed by atoms with van der Waals surface area (Å²) in [4.78, 5) is 12.0. The molecule has 2 aliphatic rings. The molecule has 19 heavy (non-hydrogen) atoms. The zero-order valence-electron chi connectivity index (χ0n) is 11.6. The van der Waals surface area contributed by atoms with Gasteiger partial charge in [0.05, 0.1) is 0 Å². The Hall–Kier alpha value is -0.710. The van der Waals surface area contributed by atoms with Gasteiger partial charge in [-0.2, -0.15) is 0 Å². The van der Waals surface area contributed by atoms with Gasteiger partial charge in [-0.1, -0.05) is 6.92 Å². The molecular weight excluding hydrogens is 250 g/mol. The van der Waals surface area contributed by atoms with Crippen molar-refractivity contribution in [1.29, 1.82) is 0 Å². The van der Waals surface area contributed by atoms with Crippen LogP contribution in [0.3, 0.4) is 0 Å². The second kappa shape index (κ2) is 6.16. The summed E-state index contributed by atoms with van der Waals surface area (Å²) < 4.78 is 26.1. The first kappa shape index (κ1) is 14.7. The van der Waals surface area contributed by atoms with Crippen molar-refractivity contribution < 1.29 is 13.6 Å². The lowest BCUT2D eigenvalue weighted by Gasteiger charge is -2.31. The highest BCUT2D eigenvalue weighted by Crippen LogP contribution is 2.36. The number of carbonyl (C=O) groups excluding carboxylic acids is 1. The standard InChI is InChI=1S/C14H24F2N2O/c1-10-8-17-7-4-12(10)9-18-13(19)11-2-5-14(15,16)6-3-11/h10-12,17H,2-9H2,1H3,(H,18,19). The predicted molar refractivity (Wildman–Crippen MR) is 70.1 cm³/mol. The lowest BCUT2D eigenvalue weighted by Crippen LogP contribution is -2.43. The first-order valence-electron chi connectivity index (χ1n) is 7.34. The minimum Gasteiger partial charge on any atom is -0.356 e. The van der Waals surface area contributed by atoms with Gasteiger partial charge >= 0.3 is 0 Å². The van der Waals surface area contributed by atoms with E-state index in [2.05, 4.69) is 17.6 Å². The van der Waals surface area contributed by atoms with Gasteiger partial charge in [-0.05, 0) is 44.2 Å². The Morgan fingerprint density at radius 3 is 2.63 bits per heavy atom. The maximum absolute atomic E-state index is 13.0. The Kier molecular flexibility index (Phi) is 4.76. The summed E-state index contributed by atoms with van der Waals surface area (Å²) in [7, 11) is 0. The molecule has 1 heterocycles. The van der Waals surface area contributed by atoms with E-state index >= 15 is 0 Å². The van der Waals surface area contributed by atoms with Crippen molar-refractivity contribution >= 4 is 5.91 Å². The van der Waals surface area contributed by atoms with Crippen molar-refractivity contribution in [3.63, 3.8) is 0 Å². The van der Waals surface area contributed by atoms with Gasteiger partial charge in [-0.3, -0.25) is 4.79 Å². The number of amides is 1. The zero-order chi connectivity index (χ0) is 13.9. The maximum atomic E-state index is 13.0. The van der Waals surface area contributed by atoms with Crippen LogP contribution in [0.15, 0.2) is 0 Å². The van der Waals surface area contributed by atoms with Crippen LogP contribution in [0.25, 0.3) is 0 Å². The molecule has 2 rings (SSSR count). The van der Waals surface area contributed by atoms with E-state index in [1.807, 2.05) is 0 Å². The highest BCUT2D eigenvalue weighted by molar-refractivity contribution is 5.78. The Balaban J connectivity index is 1.72. The van der Waals surface area contributed by atoms with Crippen LogP contribution < -0.4 is 10.6 Å². The van der Waals surface area contributed by atoms with E-state index in [-0.39, 0.29) is 24.7 Å². The van der Waals surface area contributed by atoms with Crippen LogP contribution in [0.4, 0.5) is 8.78 Å². The lowest BCUT2D eigenvalue weighted by molar-refractivity contribution is -0.129. The summed E-state index contributed by atoms with van der Waals surface area (Å²) in [5, 5.41) is 6.30. The fraction of sp³-hybridized carbons (Fsp3) is 0.929. The number of rotatable bonds is 3. The molecule has 2 fully saturated rings. The fourth-order valence-corrected chi connectivity index (χ4v) is 3.05. The highest BCUT2D eigenvalue weighted by Gasteiger charge is 2.37. The lowest BCUT2D eigenvalue weighted by atomic mass is 9.85. The molecule has 0 radical (unpaired) electrons. The second-order valence-corrected chi connectivity index (χ2v) is 6.11. The van der Waals surface area contributed by atoms with E-state index in [0.29, 0.717) is 31.2 Å². The average molecular weight is 274 g/mol. The van der Waals surface area contributed by atoms with Crippen LogP contribution in [0.2, 0.25) is 0 Å². The Bertz CT molecular complexity index is 313. The first-order chi connectivity index (χ1) is 8.98. The molecule has 1 amide bonds. The number of hydrogen-bond acceptors (Lipinski definition) is 2. The van der Waals surface area contributed by atoms with Gasteiger partial charge in [0, 0.05) is 25.3 Å². The molecule has 110 valence electrons. The van der Waals surface area contributed by atoms with E-state index in [4.69, 9.17) is 0 Å². The van der Waals surface area contributed by atoms with E-state index in [9.17, 15) is 13.6 Å². The predicted octanol–water partition coefficient (Wildman–Crippen LogP) is 2.17. The van der Waals surface area contributed by atoms with Gasteiger partial charge in [-0.25, -0.2) is 8.78 Å². The quantitative estimate of drug-likeness (QED) is 0.828. The highest BCUT2D eigenvalue weighted by atomic mass is 19.3. The van der Waals surface area contributed by atoms with Gasteiger partial charge in [-0.15, -0.1) is 0 Å². The molecule has 0 spiro atoms. The van der Waals surface area contributed by atoms with Crippen molar-refractivity contribution in [3.05, 3.63) is 0 Å². The van der Waals surface area contributed by atoms with Gasteiger partial charge < -0.3 is 10.6 Å². The SMILES string of the molecule is CC1CNCCC1CNC(=O)C1CCC(F)(F)CC1. The number of alkyl halides is 2. The largest absolute Gasteiger partial charge is 0.356 e. The summed E-state index contributed by atoms with van der Waals surface area (Å²) in [6.45, 7) is 4.87. The van der Waals surface area contributed by atoms with Gasteiger partial charge in [0.2, 0.25) is 11.8 Å². The van der Waals surface area contributed by atoms with E-state index in [1.54, 1.807) is 0 Å². The Labute approximate surface area is 113 Å². The van der Waals surface area contributed by atoms with Crippen molar-refractivity contribution in [2.24, 2.45) is 17.8 Å². The van der Waals surface area contributed by atoms with Crippen LogP contribution in [0.5, 0.6) is 0 Å². The smallest absolute Gasteiger partial charge is 0.248 e. The minimum atomic E-state index is -2.56. The molecule has 1 saturated carbocycles.